The fourth-order valence-corrected chi connectivity index (χ4v) is 3.55. The van der Waals surface area contributed by atoms with Gasteiger partial charge in [0.05, 0.1) is 21.8 Å². The van der Waals surface area contributed by atoms with Crippen LogP contribution in [-0.4, -0.2) is 27.0 Å². The van der Waals surface area contributed by atoms with E-state index in [2.05, 4.69) is 6.07 Å². The highest BCUT2D eigenvalue weighted by molar-refractivity contribution is 7.90. The maximum atomic E-state index is 12.2. The third-order valence-electron chi connectivity index (χ3n) is 3.66. The van der Waals surface area contributed by atoms with Crippen LogP contribution in [0.15, 0.2) is 41.3 Å². The first-order valence-electron chi connectivity index (χ1n) is 6.94. The maximum Gasteiger partial charge on any atom is 0.252 e. The van der Waals surface area contributed by atoms with Crippen LogP contribution in [0.5, 0.6) is 0 Å². The van der Waals surface area contributed by atoms with E-state index in [4.69, 9.17) is 11.6 Å². The summed E-state index contributed by atoms with van der Waals surface area (Å²) in [6, 6.07) is 11.8. The summed E-state index contributed by atoms with van der Waals surface area (Å²) in [5, 5.41) is 8.54. The molecule has 2 rings (SSSR count). The molecule has 0 saturated heterocycles. The molecule has 5 nitrogen and oxygen atoms in total. The van der Waals surface area contributed by atoms with Crippen LogP contribution in [0.3, 0.4) is 0 Å². The van der Waals surface area contributed by atoms with Crippen molar-refractivity contribution in [2.45, 2.75) is 11.8 Å². The Morgan fingerprint density at radius 3 is 2.38 bits per heavy atom. The number of para-hydroxylation sites is 1. The number of halogens is 1. The molecule has 0 aliphatic carbocycles. The zero-order chi connectivity index (χ0) is 18.1. The van der Waals surface area contributed by atoms with Gasteiger partial charge in [0.1, 0.15) is 6.07 Å². The van der Waals surface area contributed by atoms with Gasteiger partial charge in [-0.25, -0.2) is 8.42 Å². The normalized spacial score (nSPS) is 11.0. The van der Waals surface area contributed by atoms with E-state index in [0.717, 1.165) is 6.26 Å². The highest BCUT2D eigenvalue weighted by atomic mass is 35.5. The summed E-state index contributed by atoms with van der Waals surface area (Å²) in [7, 11) is -1.95. The Bertz CT molecular complexity index is 962. The third kappa shape index (κ3) is 3.42. The lowest BCUT2D eigenvalue weighted by molar-refractivity contribution is 0.108. The molecule has 0 heterocycles. The van der Waals surface area contributed by atoms with Crippen molar-refractivity contribution in [3.05, 3.63) is 53.1 Å². The number of hydrogen-bond acceptors (Lipinski definition) is 5. The molecule has 0 radical (unpaired) electrons. The van der Waals surface area contributed by atoms with Crippen LogP contribution < -0.4 is 4.90 Å². The van der Waals surface area contributed by atoms with Crippen molar-refractivity contribution in [1.82, 2.24) is 0 Å². The number of sulfone groups is 1. The molecule has 0 saturated carbocycles. The van der Waals surface area contributed by atoms with Crippen molar-refractivity contribution in [2.24, 2.45) is 0 Å². The van der Waals surface area contributed by atoms with Gasteiger partial charge in [-0.15, -0.1) is 0 Å². The van der Waals surface area contributed by atoms with E-state index in [-0.39, 0.29) is 10.5 Å². The number of carbonyl (C=O) groups excluding carboxylic acids is 1. The van der Waals surface area contributed by atoms with Gasteiger partial charge in [0.25, 0.3) is 5.24 Å². The average Bonchev–Trinajstić information content (AvgIpc) is 2.52. The van der Waals surface area contributed by atoms with Crippen molar-refractivity contribution >= 4 is 38.1 Å². The van der Waals surface area contributed by atoms with Gasteiger partial charge >= 0.3 is 0 Å². The van der Waals surface area contributed by atoms with Gasteiger partial charge in [-0.3, -0.25) is 4.79 Å². The number of hydrogen-bond donors (Lipinski definition) is 0. The first kappa shape index (κ1) is 18.0. The van der Waals surface area contributed by atoms with Crippen LogP contribution in [0.4, 0.5) is 11.4 Å². The van der Waals surface area contributed by atoms with Crippen LogP contribution in [0.2, 0.25) is 0 Å². The minimum Gasteiger partial charge on any atom is -0.342 e. The summed E-state index contributed by atoms with van der Waals surface area (Å²) in [6.45, 7) is 1.68. The minimum absolute atomic E-state index is 0.0210. The zero-order valence-corrected chi connectivity index (χ0v) is 14.9. The second-order valence-electron chi connectivity index (χ2n) is 5.37. The fraction of sp³-hybridized carbons (Fsp3) is 0.176. The molecule has 0 spiro atoms. The average molecular weight is 363 g/mol. The lowest BCUT2D eigenvalue weighted by atomic mass is 10.1. The predicted octanol–water partition coefficient (Wildman–Crippen LogP) is 3.42. The van der Waals surface area contributed by atoms with Gasteiger partial charge in [-0.2, -0.15) is 5.26 Å². The molecule has 0 aromatic heterocycles. The summed E-state index contributed by atoms with van der Waals surface area (Å²) < 4.78 is 24.4. The fourth-order valence-electron chi connectivity index (χ4n) is 2.43. The van der Waals surface area contributed by atoms with Crippen molar-refractivity contribution in [1.29, 1.82) is 5.26 Å². The molecule has 0 atom stereocenters. The van der Waals surface area contributed by atoms with Crippen LogP contribution in [0.25, 0.3) is 0 Å². The number of aryl methyl sites for hydroxylation is 1. The molecular weight excluding hydrogens is 348 g/mol. The molecule has 0 fully saturated rings. The summed E-state index contributed by atoms with van der Waals surface area (Å²) in [5.41, 5.74) is 2.05. The minimum atomic E-state index is -3.61. The third-order valence-corrected chi connectivity index (χ3v) is 4.99. The Morgan fingerprint density at radius 2 is 1.83 bits per heavy atom. The molecule has 0 unspecified atom stereocenters. The number of benzene rings is 2. The number of rotatable bonds is 4. The number of carbonyl (C=O) groups is 1. The van der Waals surface area contributed by atoms with Crippen molar-refractivity contribution in [3.63, 3.8) is 0 Å². The second-order valence-corrected chi connectivity index (χ2v) is 7.70. The number of nitriles is 1. The van der Waals surface area contributed by atoms with E-state index in [1.54, 1.807) is 49.2 Å². The van der Waals surface area contributed by atoms with E-state index in [1.165, 1.54) is 6.07 Å². The van der Waals surface area contributed by atoms with E-state index >= 15 is 0 Å². The lowest BCUT2D eigenvalue weighted by Crippen LogP contribution is -2.16. The number of nitrogens with zero attached hydrogens (tertiary/aromatic N) is 2. The largest absolute Gasteiger partial charge is 0.342 e. The smallest absolute Gasteiger partial charge is 0.252 e. The molecular formula is C17H15ClN2O3S. The first-order chi connectivity index (χ1) is 11.2. The molecule has 124 valence electrons. The molecule has 2 aromatic carbocycles. The predicted molar refractivity (Wildman–Crippen MR) is 93.7 cm³/mol. The highest BCUT2D eigenvalue weighted by Crippen LogP contribution is 2.34. The lowest BCUT2D eigenvalue weighted by Gasteiger charge is -2.24. The molecule has 0 aliphatic heterocycles. The maximum absolute atomic E-state index is 12.2. The van der Waals surface area contributed by atoms with E-state index < -0.39 is 15.1 Å². The van der Waals surface area contributed by atoms with Crippen LogP contribution in [0.1, 0.15) is 21.5 Å². The van der Waals surface area contributed by atoms with Gasteiger partial charge in [-0.05, 0) is 48.4 Å². The molecule has 0 aliphatic rings. The Balaban J connectivity index is 2.76. The van der Waals surface area contributed by atoms with Gasteiger partial charge in [0.15, 0.2) is 9.84 Å². The highest BCUT2D eigenvalue weighted by Gasteiger charge is 2.22. The molecule has 24 heavy (non-hydrogen) atoms. The van der Waals surface area contributed by atoms with Gasteiger partial charge in [-0.1, -0.05) is 12.1 Å². The standard InChI is InChI=1S/C17H15ClN2O3S/c1-11-8-15(16(24(3,22)23)9-13(11)17(18)21)20(2)14-7-5-4-6-12(14)10-19/h4-9H,1-3H3. The Labute approximate surface area is 146 Å². The van der Waals surface area contributed by atoms with Crippen LogP contribution in [-0.2, 0) is 9.84 Å². The molecule has 0 amide bonds. The SMILES string of the molecule is Cc1cc(N(C)c2ccccc2C#N)c(S(C)(=O)=O)cc1C(=O)Cl. The summed E-state index contributed by atoms with van der Waals surface area (Å²) in [6.07, 6.45) is 1.06. The van der Waals surface area contributed by atoms with E-state index in [0.29, 0.717) is 22.5 Å². The van der Waals surface area contributed by atoms with E-state index in [9.17, 15) is 18.5 Å². The van der Waals surface area contributed by atoms with Crippen molar-refractivity contribution in [3.8, 4) is 6.07 Å². The Hall–Kier alpha value is -2.36. The van der Waals surface area contributed by atoms with Gasteiger partial charge < -0.3 is 4.90 Å². The topological polar surface area (TPSA) is 78.2 Å². The molecule has 0 bridgehead atoms. The summed E-state index contributed by atoms with van der Waals surface area (Å²) in [5.74, 6) is 0. The van der Waals surface area contributed by atoms with Crippen molar-refractivity contribution < 1.29 is 13.2 Å². The Morgan fingerprint density at radius 1 is 1.21 bits per heavy atom. The zero-order valence-electron chi connectivity index (χ0n) is 13.4. The van der Waals surface area contributed by atoms with Crippen LogP contribution >= 0.6 is 11.6 Å². The quantitative estimate of drug-likeness (QED) is 0.779. The molecule has 7 heteroatoms. The molecule has 2 aromatic rings. The van der Waals surface area contributed by atoms with Crippen molar-refractivity contribution in [2.75, 3.05) is 18.2 Å². The van der Waals surface area contributed by atoms with Gasteiger partial charge in [0.2, 0.25) is 0 Å². The van der Waals surface area contributed by atoms with E-state index in [1.807, 2.05) is 0 Å². The summed E-state index contributed by atoms with van der Waals surface area (Å²) >= 11 is 5.54. The monoisotopic (exact) mass is 362 g/mol. The Kier molecular flexibility index (Phi) is 4.97. The molecule has 0 N–H and O–H groups in total. The second kappa shape index (κ2) is 6.63. The number of anilines is 2. The first-order valence-corrected chi connectivity index (χ1v) is 9.21. The summed E-state index contributed by atoms with van der Waals surface area (Å²) in [4.78, 5) is 13.1. The van der Waals surface area contributed by atoms with Gasteiger partial charge in [0, 0.05) is 18.9 Å². The van der Waals surface area contributed by atoms with Crippen LogP contribution in [0, 0.1) is 18.3 Å².